The largest absolute Gasteiger partial charge is 0.480 e. The Kier molecular flexibility index (Phi) is 39.5. The van der Waals surface area contributed by atoms with Crippen LogP contribution in [0.2, 0.25) is 0 Å². The van der Waals surface area contributed by atoms with Gasteiger partial charge in [0.1, 0.15) is 48.0 Å². The standard InChI is InChI=1S/2C19H20N2O7.C18H18N2O7.C12H22N2O6/c22-18(23)17(13-15-6-2-1-3-7-15)20-19(24)28-16-10-4-8-14(12-16)9-5-11-27-21(25)26;22-18(23)17(13-15-5-2-1-3-6-15)20-19(24)28-16-10-8-14(9-11-16)7-4-12-27-21(25)26;21-17(22)16(12-13-5-2-1-3-6-13)19-18(23)27-15-8-4-7-14(11-15)9-10-26-20(24)25;1-9(2)8-10(12(16)17)13-11(15)6-4-3-5-7-20-14(18)19/h1-4,6-8,10,12,17H,5,9,11,13H2,(H,20,24)(H,22,23);1-3,5-6,8-11,17H,4,7,12-13H2,(H,20,24)(H,22,23);1-8,11,16H,9-10,12H2,(H,19,23)(H,21,22);9-10H,3-8H2,1-2H3,(H,13,15)(H,16,17). The molecular formula is C68H80N8O27. The Morgan fingerprint density at radius 1 is 0.359 bits per heavy atom. The second-order valence-corrected chi connectivity index (χ2v) is 22.4. The zero-order valence-electron chi connectivity index (χ0n) is 56.0. The van der Waals surface area contributed by atoms with Crippen molar-refractivity contribution in [2.45, 2.75) is 121 Å². The van der Waals surface area contributed by atoms with Gasteiger partial charge in [-0.15, -0.1) is 40.5 Å². The summed E-state index contributed by atoms with van der Waals surface area (Å²) in [7, 11) is 0. The van der Waals surface area contributed by atoms with E-state index in [0.717, 1.165) is 27.8 Å². The van der Waals surface area contributed by atoms with Crippen LogP contribution >= 0.6 is 0 Å². The summed E-state index contributed by atoms with van der Waals surface area (Å²) in [4.78, 5) is 150. The number of hydrogen-bond donors (Lipinski definition) is 8. The molecule has 4 unspecified atom stereocenters. The fourth-order valence-corrected chi connectivity index (χ4v) is 8.97. The first-order valence-corrected chi connectivity index (χ1v) is 31.8. The van der Waals surface area contributed by atoms with Gasteiger partial charge >= 0.3 is 42.2 Å². The minimum absolute atomic E-state index is 0.00560. The number of carboxylic acid groups (broad SMARTS) is 4. The van der Waals surface area contributed by atoms with E-state index < -0.39 is 86.7 Å². The van der Waals surface area contributed by atoms with E-state index in [1.54, 1.807) is 133 Å². The zero-order chi connectivity index (χ0) is 75.9. The molecule has 0 aromatic heterocycles. The van der Waals surface area contributed by atoms with Gasteiger partial charge < -0.3 is 75.3 Å². The zero-order valence-corrected chi connectivity index (χ0v) is 56.0. The van der Waals surface area contributed by atoms with Gasteiger partial charge in [0.2, 0.25) is 5.91 Å². The molecule has 0 spiro atoms. The molecule has 0 aliphatic heterocycles. The van der Waals surface area contributed by atoms with E-state index in [4.69, 9.17) is 19.3 Å². The summed E-state index contributed by atoms with van der Waals surface area (Å²) in [5.41, 5.74) is 4.68. The van der Waals surface area contributed by atoms with Gasteiger partial charge in [-0.2, -0.15) is 0 Å². The molecule has 0 saturated carbocycles. The quantitative estimate of drug-likeness (QED) is 0.0101. The minimum atomic E-state index is -1.18. The Labute approximate surface area is 588 Å². The summed E-state index contributed by atoms with van der Waals surface area (Å²) in [5.74, 6) is -3.99. The van der Waals surface area contributed by atoms with Crippen LogP contribution in [-0.2, 0) is 81.8 Å². The van der Waals surface area contributed by atoms with Gasteiger partial charge in [0, 0.05) is 25.7 Å². The number of ether oxygens (including phenoxy) is 3. The third-order valence-electron chi connectivity index (χ3n) is 13.8. The number of amides is 4. The van der Waals surface area contributed by atoms with Gasteiger partial charge in [-0.3, -0.25) is 4.79 Å². The molecule has 6 aromatic carbocycles. The van der Waals surface area contributed by atoms with Crippen LogP contribution in [0, 0.1) is 46.4 Å². The fraction of sp³-hybridized carbons (Fsp3) is 0.353. The Bertz CT molecular complexity index is 3650. The molecule has 0 fully saturated rings. The maximum absolute atomic E-state index is 12.1. The number of carboxylic acids is 4. The lowest BCUT2D eigenvalue weighted by Crippen LogP contribution is -2.43. The number of nitrogens with one attached hydrogen (secondary N) is 4. The molecule has 0 radical (unpaired) electrons. The highest BCUT2D eigenvalue weighted by molar-refractivity contribution is 5.84. The second kappa shape index (κ2) is 48.1. The average molecular weight is 1440 g/mol. The molecule has 35 nitrogen and oxygen atoms in total. The number of nitrogens with zero attached hydrogens (tertiary/aromatic N) is 4. The molecule has 103 heavy (non-hydrogen) atoms. The van der Waals surface area contributed by atoms with Gasteiger partial charge in [-0.1, -0.05) is 148 Å². The Morgan fingerprint density at radius 2 is 0.699 bits per heavy atom. The van der Waals surface area contributed by atoms with E-state index in [1.165, 1.54) is 12.1 Å². The third kappa shape index (κ3) is 40.1. The van der Waals surface area contributed by atoms with Crippen molar-refractivity contribution in [3.05, 3.63) is 238 Å². The highest BCUT2D eigenvalue weighted by atomic mass is 17.0. The molecule has 4 amide bonds. The van der Waals surface area contributed by atoms with Crippen LogP contribution in [0.15, 0.2) is 164 Å². The molecule has 35 heteroatoms. The van der Waals surface area contributed by atoms with Gasteiger partial charge in [0.05, 0.1) is 19.8 Å². The molecule has 8 N–H and O–H groups in total. The lowest BCUT2D eigenvalue weighted by Gasteiger charge is -2.16. The van der Waals surface area contributed by atoms with Crippen molar-refractivity contribution >= 4 is 48.1 Å². The van der Waals surface area contributed by atoms with Crippen LogP contribution < -0.4 is 35.5 Å². The average Bonchev–Trinajstić information content (AvgIpc) is 0.909. The van der Waals surface area contributed by atoms with E-state index in [1.807, 2.05) is 32.0 Å². The maximum atomic E-state index is 12.1. The van der Waals surface area contributed by atoms with Crippen LogP contribution in [0.1, 0.15) is 92.2 Å². The first-order chi connectivity index (χ1) is 49.1. The van der Waals surface area contributed by atoms with Crippen LogP contribution in [0.25, 0.3) is 0 Å². The van der Waals surface area contributed by atoms with Crippen molar-refractivity contribution in [2.24, 2.45) is 5.92 Å². The first kappa shape index (κ1) is 84.5. The second-order valence-electron chi connectivity index (χ2n) is 22.4. The number of hydrogen-bond acceptors (Lipinski definition) is 23. The van der Waals surface area contributed by atoms with E-state index in [2.05, 4.69) is 40.6 Å². The normalized spacial score (nSPS) is 11.4. The Hall–Kier alpha value is -12.7. The van der Waals surface area contributed by atoms with Gasteiger partial charge in [0.15, 0.2) is 0 Å². The van der Waals surface area contributed by atoms with Crippen LogP contribution in [0.3, 0.4) is 0 Å². The van der Waals surface area contributed by atoms with Crippen molar-refractivity contribution < 1.29 is 113 Å². The highest BCUT2D eigenvalue weighted by Gasteiger charge is 2.25. The molecule has 0 heterocycles. The number of benzene rings is 6. The lowest BCUT2D eigenvalue weighted by atomic mass is 10.0. The molecule has 0 aliphatic carbocycles. The monoisotopic (exact) mass is 1440 g/mol. The summed E-state index contributed by atoms with van der Waals surface area (Å²) in [6.07, 6.45) is 2.19. The summed E-state index contributed by atoms with van der Waals surface area (Å²) >= 11 is 0. The summed E-state index contributed by atoms with van der Waals surface area (Å²) < 4.78 is 15.4. The highest BCUT2D eigenvalue weighted by Crippen LogP contribution is 2.19. The number of aliphatic carboxylic acids is 4. The number of carbonyl (C=O) groups excluding carboxylic acids is 4. The summed E-state index contributed by atoms with van der Waals surface area (Å²) in [5, 5.41) is 83.2. The molecular weight excluding hydrogens is 1360 g/mol. The van der Waals surface area contributed by atoms with E-state index in [9.17, 15) is 94.1 Å². The molecule has 0 aliphatic rings. The summed E-state index contributed by atoms with van der Waals surface area (Å²) in [6, 6.07) is 42.1. The lowest BCUT2D eigenvalue weighted by molar-refractivity contribution is -0.757. The Morgan fingerprint density at radius 3 is 1.07 bits per heavy atom. The predicted octanol–water partition coefficient (Wildman–Crippen LogP) is 8.82. The van der Waals surface area contributed by atoms with E-state index in [-0.39, 0.29) is 87.6 Å². The van der Waals surface area contributed by atoms with Gasteiger partial charge in [-0.05, 0) is 127 Å². The van der Waals surface area contributed by atoms with Crippen LogP contribution in [0.4, 0.5) is 14.4 Å². The Balaban J connectivity index is 0.000000360. The van der Waals surface area contributed by atoms with Gasteiger partial charge in [-0.25, -0.2) is 33.6 Å². The van der Waals surface area contributed by atoms with Crippen molar-refractivity contribution in [3.8, 4) is 17.2 Å². The SMILES string of the molecule is CC(C)CC(NC(=O)CCCCCO[N+](=O)[O-])C(=O)O.O=C(NC(Cc1ccccc1)C(=O)O)Oc1ccc(CCCO[N+](=O)[O-])cc1.O=C(NC(Cc1ccccc1)C(=O)O)Oc1cccc(CCCO[N+](=O)[O-])c1.O=C(NC(Cc1ccccc1)C(=O)O)Oc1cccc(CCO[N+](=O)[O-])c1. The van der Waals surface area contributed by atoms with Crippen molar-refractivity contribution in [1.29, 1.82) is 0 Å². The minimum Gasteiger partial charge on any atom is -0.480 e. The van der Waals surface area contributed by atoms with Crippen molar-refractivity contribution in [1.82, 2.24) is 21.3 Å². The number of aryl methyl sites for hydroxylation is 2. The topological polar surface area (TPSA) is 503 Å². The first-order valence-electron chi connectivity index (χ1n) is 31.8. The van der Waals surface area contributed by atoms with Crippen molar-refractivity contribution in [3.63, 3.8) is 0 Å². The molecule has 0 bridgehead atoms. The smallest absolute Gasteiger partial charge is 0.413 e. The number of unbranched alkanes of at least 4 members (excludes halogenated alkanes) is 2. The molecule has 554 valence electrons. The van der Waals surface area contributed by atoms with E-state index >= 15 is 0 Å². The van der Waals surface area contributed by atoms with Gasteiger partial charge in [0.25, 0.3) is 20.3 Å². The molecule has 6 aromatic rings. The number of rotatable bonds is 40. The number of carbonyl (C=O) groups is 8. The van der Waals surface area contributed by atoms with Crippen LogP contribution in [-0.4, -0.2) is 139 Å². The third-order valence-corrected chi connectivity index (χ3v) is 13.8. The predicted molar refractivity (Wildman–Crippen MR) is 361 cm³/mol. The molecule has 0 saturated heterocycles. The molecule has 6 rings (SSSR count). The van der Waals surface area contributed by atoms with Crippen molar-refractivity contribution in [2.75, 3.05) is 26.4 Å². The molecule has 4 atom stereocenters. The maximum Gasteiger partial charge on any atom is 0.413 e. The van der Waals surface area contributed by atoms with E-state index in [0.29, 0.717) is 56.9 Å². The fourth-order valence-electron chi connectivity index (χ4n) is 8.97. The van der Waals surface area contributed by atoms with Crippen LogP contribution in [0.5, 0.6) is 17.2 Å². The summed E-state index contributed by atoms with van der Waals surface area (Å²) in [6.45, 7) is 3.64.